The Bertz CT molecular complexity index is 1330. The van der Waals surface area contributed by atoms with Crippen LogP contribution >= 0.6 is 22.9 Å². The van der Waals surface area contributed by atoms with E-state index in [1.165, 1.54) is 12.5 Å². The summed E-state index contributed by atoms with van der Waals surface area (Å²) in [6.07, 6.45) is 8.68. The van der Waals surface area contributed by atoms with Gasteiger partial charge in [0.15, 0.2) is 0 Å². The highest BCUT2D eigenvalue weighted by molar-refractivity contribution is 7.11. The van der Waals surface area contributed by atoms with Crippen molar-refractivity contribution in [2.24, 2.45) is 17.8 Å². The summed E-state index contributed by atoms with van der Waals surface area (Å²) in [6.45, 7) is 5.73. The van der Waals surface area contributed by atoms with Crippen molar-refractivity contribution in [2.45, 2.75) is 52.0 Å². The number of anilines is 1. The predicted octanol–water partition coefficient (Wildman–Crippen LogP) is 5.48. The topological polar surface area (TPSA) is 71.5 Å². The molecule has 7 nitrogen and oxygen atoms in total. The zero-order valence-corrected chi connectivity index (χ0v) is 23.7. The number of hydrogen-bond donors (Lipinski definition) is 0. The summed E-state index contributed by atoms with van der Waals surface area (Å²) in [6, 6.07) is 4.89. The number of carbonyl (C=O) groups excluding carboxylic acids is 1. The van der Waals surface area contributed by atoms with Crippen LogP contribution in [-0.4, -0.2) is 52.0 Å². The summed E-state index contributed by atoms with van der Waals surface area (Å²) in [4.78, 5) is 31.3. The Morgan fingerprint density at radius 2 is 2.00 bits per heavy atom. The Morgan fingerprint density at radius 1 is 1.21 bits per heavy atom. The van der Waals surface area contributed by atoms with E-state index in [0.717, 1.165) is 72.1 Å². The van der Waals surface area contributed by atoms with Gasteiger partial charge in [-0.25, -0.2) is 19.3 Å². The van der Waals surface area contributed by atoms with E-state index >= 15 is 0 Å². The molecule has 0 spiro atoms. The van der Waals surface area contributed by atoms with Crippen LogP contribution in [0, 0.1) is 30.5 Å². The molecule has 1 amide bonds. The van der Waals surface area contributed by atoms with Crippen LogP contribution in [0.25, 0.3) is 0 Å². The molecule has 2 fully saturated rings. The molecule has 39 heavy (non-hydrogen) atoms. The molecule has 1 aromatic carbocycles. The van der Waals surface area contributed by atoms with Crippen molar-refractivity contribution in [2.75, 3.05) is 31.1 Å². The summed E-state index contributed by atoms with van der Waals surface area (Å²) in [5.41, 5.74) is 1.51. The first-order chi connectivity index (χ1) is 18.9. The van der Waals surface area contributed by atoms with E-state index in [1.807, 2.05) is 11.8 Å². The van der Waals surface area contributed by atoms with Gasteiger partial charge in [-0.3, -0.25) is 4.79 Å². The van der Waals surface area contributed by atoms with Crippen molar-refractivity contribution in [3.63, 3.8) is 0 Å². The third kappa shape index (κ3) is 6.19. The Morgan fingerprint density at radius 3 is 2.77 bits per heavy atom. The molecule has 2 aliphatic heterocycles. The number of nitrogens with zero attached hydrogens (tertiary/aromatic N) is 5. The molecule has 0 radical (unpaired) electrons. The first-order valence-electron chi connectivity index (χ1n) is 13.8. The van der Waals surface area contributed by atoms with Crippen molar-refractivity contribution < 1.29 is 13.9 Å². The summed E-state index contributed by atoms with van der Waals surface area (Å²) >= 11 is 7.54. The van der Waals surface area contributed by atoms with Crippen LogP contribution in [0.3, 0.4) is 0 Å². The van der Waals surface area contributed by atoms with E-state index in [-0.39, 0.29) is 18.1 Å². The molecule has 2 aromatic heterocycles. The first-order valence-corrected chi connectivity index (χ1v) is 15.0. The van der Waals surface area contributed by atoms with Gasteiger partial charge in [-0.2, -0.15) is 0 Å². The predicted molar refractivity (Wildman–Crippen MR) is 150 cm³/mol. The number of amides is 1. The van der Waals surface area contributed by atoms with Crippen LogP contribution in [0.5, 0.6) is 5.75 Å². The average molecular weight is 570 g/mol. The van der Waals surface area contributed by atoms with Crippen LogP contribution in [0.1, 0.15) is 46.8 Å². The van der Waals surface area contributed by atoms with Crippen LogP contribution in [0.4, 0.5) is 10.3 Å². The third-order valence-corrected chi connectivity index (χ3v) is 9.52. The Labute approximate surface area is 237 Å². The Hall–Kier alpha value is -2.78. The van der Waals surface area contributed by atoms with Gasteiger partial charge < -0.3 is 14.5 Å². The molecule has 6 rings (SSSR count). The largest absolute Gasteiger partial charge is 0.493 e. The van der Waals surface area contributed by atoms with E-state index in [9.17, 15) is 9.18 Å². The minimum atomic E-state index is -0.382. The molecule has 1 aliphatic carbocycles. The number of aryl methyl sites for hydroxylation is 1. The van der Waals surface area contributed by atoms with Gasteiger partial charge in [-0.15, -0.1) is 11.3 Å². The van der Waals surface area contributed by atoms with Crippen LogP contribution in [0.15, 0.2) is 30.6 Å². The lowest BCUT2D eigenvalue weighted by Gasteiger charge is -2.32. The van der Waals surface area contributed by atoms with Crippen molar-refractivity contribution in [3.05, 3.63) is 62.6 Å². The molecule has 206 valence electrons. The number of benzene rings is 1. The van der Waals surface area contributed by atoms with E-state index in [2.05, 4.69) is 19.9 Å². The molecule has 0 bridgehead atoms. The smallest absolute Gasteiger partial charge is 0.227 e. The number of rotatable bonds is 8. The fourth-order valence-corrected chi connectivity index (χ4v) is 7.17. The quantitative estimate of drug-likeness (QED) is 0.358. The zero-order chi connectivity index (χ0) is 26.9. The number of hydrogen-bond acceptors (Lipinski definition) is 7. The number of thiazole rings is 1. The monoisotopic (exact) mass is 569 g/mol. The fraction of sp³-hybridized carbons (Fsp3) is 0.517. The molecule has 4 heterocycles. The lowest BCUT2D eigenvalue weighted by molar-refractivity contribution is -0.131. The molecular formula is C29H33ClFN5O2S. The third-order valence-electron chi connectivity index (χ3n) is 8.33. The number of halogens is 2. The number of fused-ring (bicyclic) bond motifs is 1. The number of piperidine rings is 1. The van der Waals surface area contributed by atoms with Crippen molar-refractivity contribution in [1.82, 2.24) is 19.9 Å². The van der Waals surface area contributed by atoms with E-state index in [0.29, 0.717) is 41.9 Å². The molecule has 1 saturated carbocycles. The summed E-state index contributed by atoms with van der Waals surface area (Å²) in [5, 5.41) is 1.59. The van der Waals surface area contributed by atoms with Crippen LogP contribution in [0.2, 0.25) is 5.02 Å². The summed E-state index contributed by atoms with van der Waals surface area (Å²) in [5.74, 6) is 3.03. The molecule has 3 aromatic rings. The van der Waals surface area contributed by atoms with E-state index in [1.54, 1.807) is 35.9 Å². The fourth-order valence-electron chi connectivity index (χ4n) is 6.08. The lowest BCUT2D eigenvalue weighted by Crippen LogP contribution is -2.36. The molecule has 0 N–H and O–H groups in total. The van der Waals surface area contributed by atoms with Gasteiger partial charge in [-0.1, -0.05) is 17.7 Å². The van der Waals surface area contributed by atoms with Gasteiger partial charge >= 0.3 is 0 Å². The minimum absolute atomic E-state index is 0.0504. The van der Waals surface area contributed by atoms with Gasteiger partial charge in [-0.05, 0) is 62.0 Å². The second kappa shape index (κ2) is 11.4. The molecule has 3 aliphatic rings. The number of aromatic nitrogens is 3. The van der Waals surface area contributed by atoms with Crippen molar-refractivity contribution in [1.29, 1.82) is 0 Å². The molecule has 0 unspecified atom stereocenters. The minimum Gasteiger partial charge on any atom is -0.493 e. The van der Waals surface area contributed by atoms with Gasteiger partial charge in [0.25, 0.3) is 0 Å². The highest BCUT2D eigenvalue weighted by atomic mass is 35.5. The Kier molecular flexibility index (Phi) is 7.71. The van der Waals surface area contributed by atoms with E-state index in [4.69, 9.17) is 16.3 Å². The molecule has 1 saturated heterocycles. The number of carbonyl (C=O) groups is 1. The SMILES string of the molecule is Cc1nc2c(s1)CN(C(=O)Cc1ccc(OCC[C@@H]3C[C@@H]3C3CCN(c4ncc(Cl)cn4)CC3)cc1F)CC2. The second-order valence-corrected chi connectivity index (χ2v) is 12.6. The van der Waals surface area contributed by atoms with Gasteiger partial charge in [0, 0.05) is 37.0 Å². The van der Waals surface area contributed by atoms with E-state index < -0.39 is 0 Å². The molecule has 2 atom stereocenters. The normalized spacial score (nSPS) is 21.1. The van der Waals surface area contributed by atoms with Crippen LogP contribution < -0.4 is 9.64 Å². The number of ether oxygens (including phenoxy) is 1. The molecular weight excluding hydrogens is 537 g/mol. The average Bonchev–Trinajstić information content (AvgIpc) is 3.61. The Balaban J connectivity index is 0.924. The van der Waals surface area contributed by atoms with Gasteiger partial charge in [0.2, 0.25) is 11.9 Å². The standard InChI is InChI=1S/C29H33ClFN5O2S/c1-18-34-26-6-10-36(17-27(26)39-18)28(37)13-21-2-3-23(14-25(21)31)38-11-7-20-12-24(20)19-4-8-35(9-5-19)29-32-15-22(30)16-33-29/h2-3,14-16,19-20,24H,4-13,17H2,1H3/t20-,24-/m1/s1. The van der Waals surface area contributed by atoms with Gasteiger partial charge in [0.05, 0.1) is 47.7 Å². The summed E-state index contributed by atoms with van der Waals surface area (Å²) < 4.78 is 20.7. The lowest BCUT2D eigenvalue weighted by atomic mass is 9.90. The van der Waals surface area contributed by atoms with Crippen LogP contribution in [-0.2, 0) is 24.2 Å². The van der Waals surface area contributed by atoms with Crippen molar-refractivity contribution in [3.8, 4) is 5.75 Å². The van der Waals surface area contributed by atoms with Gasteiger partial charge in [0.1, 0.15) is 11.6 Å². The highest BCUT2D eigenvalue weighted by Crippen LogP contribution is 2.49. The highest BCUT2D eigenvalue weighted by Gasteiger charge is 2.43. The maximum atomic E-state index is 14.8. The maximum absolute atomic E-state index is 14.8. The molecule has 10 heteroatoms. The maximum Gasteiger partial charge on any atom is 0.227 e. The second-order valence-electron chi connectivity index (χ2n) is 10.9. The first kappa shape index (κ1) is 26.4. The van der Waals surface area contributed by atoms with Crippen molar-refractivity contribution >= 4 is 34.8 Å². The zero-order valence-electron chi connectivity index (χ0n) is 22.1. The summed E-state index contributed by atoms with van der Waals surface area (Å²) in [7, 11) is 0.